The number of hydrogen-bond donors (Lipinski definition) is 2. The molecule has 0 saturated carbocycles. The van der Waals surface area contributed by atoms with E-state index in [9.17, 15) is 4.79 Å². The highest BCUT2D eigenvalue weighted by Gasteiger charge is 2.37. The average molecular weight is 428 g/mol. The molecule has 1 aliphatic rings. The third kappa shape index (κ3) is 4.11. The van der Waals surface area contributed by atoms with Crippen LogP contribution in [0.2, 0.25) is 5.02 Å². The van der Waals surface area contributed by atoms with Crippen molar-refractivity contribution in [3.8, 4) is 0 Å². The van der Waals surface area contributed by atoms with Crippen LogP contribution in [0, 0.1) is 6.92 Å². The number of nitrogens with zero attached hydrogens (tertiary/aromatic N) is 3. The van der Waals surface area contributed by atoms with Crippen LogP contribution in [0.5, 0.6) is 0 Å². The SMILES string of the molecule is CCCc1nnc2n1N[C@@H](c1ccc(C)cc1)[C@@H](C(=O)Nc1ccccc1Cl)S2. The molecule has 29 heavy (non-hydrogen) atoms. The fraction of sp³-hybridized carbons (Fsp3) is 0.286. The number of carbonyl (C=O) groups is 1. The molecule has 1 amide bonds. The van der Waals surface area contributed by atoms with Gasteiger partial charge in [-0.25, -0.2) is 4.68 Å². The third-order valence-electron chi connectivity index (χ3n) is 4.80. The largest absolute Gasteiger partial charge is 0.324 e. The van der Waals surface area contributed by atoms with Gasteiger partial charge in [0.2, 0.25) is 11.1 Å². The highest BCUT2D eigenvalue weighted by Crippen LogP contribution is 2.38. The molecule has 1 aliphatic heterocycles. The first-order valence-corrected chi connectivity index (χ1v) is 10.8. The predicted octanol–water partition coefficient (Wildman–Crippen LogP) is 4.59. The maximum absolute atomic E-state index is 13.2. The molecule has 150 valence electrons. The molecule has 2 N–H and O–H groups in total. The van der Waals surface area contributed by atoms with Crippen LogP contribution in [0.15, 0.2) is 53.7 Å². The van der Waals surface area contributed by atoms with Crippen molar-refractivity contribution >= 4 is 35.0 Å². The van der Waals surface area contributed by atoms with E-state index in [2.05, 4.69) is 52.1 Å². The highest BCUT2D eigenvalue weighted by molar-refractivity contribution is 8.00. The lowest BCUT2D eigenvalue weighted by atomic mass is 10.0. The summed E-state index contributed by atoms with van der Waals surface area (Å²) in [7, 11) is 0. The number of nitrogens with one attached hydrogen (secondary N) is 2. The van der Waals surface area contributed by atoms with Gasteiger partial charge in [-0.15, -0.1) is 10.2 Å². The lowest BCUT2D eigenvalue weighted by Gasteiger charge is -2.33. The van der Waals surface area contributed by atoms with Crippen LogP contribution in [0.4, 0.5) is 5.69 Å². The molecule has 6 nitrogen and oxygen atoms in total. The summed E-state index contributed by atoms with van der Waals surface area (Å²) in [4.78, 5) is 13.2. The summed E-state index contributed by atoms with van der Waals surface area (Å²) in [6, 6.07) is 15.2. The minimum Gasteiger partial charge on any atom is -0.324 e. The highest BCUT2D eigenvalue weighted by atomic mass is 35.5. The van der Waals surface area contributed by atoms with Crippen molar-refractivity contribution in [2.24, 2.45) is 0 Å². The van der Waals surface area contributed by atoms with Crippen molar-refractivity contribution in [1.29, 1.82) is 0 Å². The molecule has 0 aliphatic carbocycles. The smallest absolute Gasteiger partial charge is 0.240 e. The summed E-state index contributed by atoms with van der Waals surface area (Å²) < 4.78 is 1.91. The molecule has 3 aromatic rings. The fourth-order valence-electron chi connectivity index (χ4n) is 3.27. The van der Waals surface area contributed by atoms with Crippen molar-refractivity contribution in [3.63, 3.8) is 0 Å². The zero-order chi connectivity index (χ0) is 20.4. The Morgan fingerprint density at radius 1 is 1.21 bits per heavy atom. The van der Waals surface area contributed by atoms with Crippen LogP contribution in [-0.2, 0) is 11.2 Å². The van der Waals surface area contributed by atoms with E-state index in [1.807, 2.05) is 23.7 Å². The van der Waals surface area contributed by atoms with Crippen molar-refractivity contribution in [3.05, 3.63) is 70.5 Å². The first-order valence-electron chi connectivity index (χ1n) is 9.56. The molecule has 1 aromatic heterocycles. The molecule has 0 unspecified atom stereocenters. The van der Waals surface area contributed by atoms with Crippen LogP contribution < -0.4 is 10.7 Å². The number of fused-ring (bicyclic) bond motifs is 1. The molecule has 2 atom stereocenters. The fourth-order valence-corrected chi connectivity index (χ4v) is 4.56. The number of thioether (sulfide) groups is 1. The number of benzene rings is 2. The van der Waals surface area contributed by atoms with Crippen LogP contribution in [0.1, 0.15) is 36.3 Å². The number of para-hydroxylation sites is 1. The standard InChI is InChI=1S/C21H22ClN5OS/c1-3-6-17-24-25-21-27(17)26-18(14-11-9-13(2)10-12-14)19(29-21)20(28)23-16-8-5-4-7-15(16)22/h4-5,7-12,18-19,26H,3,6H2,1-2H3,(H,23,28)/t18-,19-/m0/s1. The molecular weight excluding hydrogens is 406 g/mol. The Kier molecular flexibility index (Phi) is 5.78. The monoisotopic (exact) mass is 427 g/mol. The Labute approximate surface area is 179 Å². The second kappa shape index (κ2) is 8.47. The molecule has 0 radical (unpaired) electrons. The van der Waals surface area contributed by atoms with E-state index in [1.54, 1.807) is 12.1 Å². The van der Waals surface area contributed by atoms with Gasteiger partial charge in [-0.1, -0.05) is 72.2 Å². The Hall–Kier alpha value is -2.51. The van der Waals surface area contributed by atoms with Crippen molar-refractivity contribution in [2.75, 3.05) is 10.7 Å². The Morgan fingerprint density at radius 3 is 2.69 bits per heavy atom. The minimum atomic E-state index is -0.430. The van der Waals surface area contributed by atoms with E-state index < -0.39 is 5.25 Å². The summed E-state index contributed by atoms with van der Waals surface area (Å²) >= 11 is 7.65. The zero-order valence-corrected chi connectivity index (χ0v) is 17.8. The van der Waals surface area contributed by atoms with Gasteiger partial charge in [-0.2, -0.15) is 0 Å². The second-order valence-electron chi connectivity index (χ2n) is 7.01. The van der Waals surface area contributed by atoms with Crippen molar-refractivity contribution in [1.82, 2.24) is 14.9 Å². The van der Waals surface area contributed by atoms with Crippen LogP contribution >= 0.6 is 23.4 Å². The van der Waals surface area contributed by atoms with Gasteiger partial charge in [0.25, 0.3) is 0 Å². The maximum atomic E-state index is 13.2. The van der Waals surface area contributed by atoms with Gasteiger partial charge in [0.05, 0.1) is 16.8 Å². The molecule has 2 aromatic carbocycles. The molecule has 0 fully saturated rings. The number of halogens is 1. The van der Waals surface area contributed by atoms with Gasteiger partial charge in [0.15, 0.2) is 5.82 Å². The number of anilines is 1. The maximum Gasteiger partial charge on any atom is 0.240 e. The van der Waals surface area contributed by atoms with Gasteiger partial charge in [-0.3, -0.25) is 4.79 Å². The van der Waals surface area contributed by atoms with Gasteiger partial charge in [-0.05, 0) is 31.0 Å². The van der Waals surface area contributed by atoms with Gasteiger partial charge < -0.3 is 10.7 Å². The topological polar surface area (TPSA) is 71.8 Å². The van der Waals surface area contributed by atoms with E-state index >= 15 is 0 Å². The van der Waals surface area contributed by atoms with Gasteiger partial charge >= 0.3 is 0 Å². The zero-order valence-electron chi connectivity index (χ0n) is 16.2. The van der Waals surface area contributed by atoms with Crippen LogP contribution in [0.25, 0.3) is 0 Å². The summed E-state index contributed by atoms with van der Waals surface area (Å²) in [5.74, 6) is 0.740. The van der Waals surface area contributed by atoms with Crippen LogP contribution in [-0.4, -0.2) is 26.0 Å². The third-order valence-corrected chi connectivity index (χ3v) is 6.35. The minimum absolute atomic E-state index is 0.132. The number of amides is 1. The summed E-state index contributed by atoms with van der Waals surface area (Å²) in [6.07, 6.45) is 1.79. The van der Waals surface area contributed by atoms with E-state index in [1.165, 1.54) is 17.3 Å². The second-order valence-corrected chi connectivity index (χ2v) is 8.53. The van der Waals surface area contributed by atoms with Gasteiger partial charge in [0, 0.05) is 6.42 Å². The summed E-state index contributed by atoms with van der Waals surface area (Å²) in [5, 5.41) is 12.3. The molecule has 8 heteroatoms. The number of hydrogen-bond acceptors (Lipinski definition) is 5. The summed E-state index contributed by atoms with van der Waals surface area (Å²) in [5.41, 5.74) is 6.28. The predicted molar refractivity (Wildman–Crippen MR) is 117 cm³/mol. The Morgan fingerprint density at radius 2 is 1.97 bits per heavy atom. The number of aryl methyl sites for hydroxylation is 2. The first kappa shape index (κ1) is 19.8. The lowest BCUT2D eigenvalue weighted by Crippen LogP contribution is -2.41. The van der Waals surface area contributed by atoms with Crippen molar-refractivity contribution < 1.29 is 4.79 Å². The summed E-state index contributed by atoms with van der Waals surface area (Å²) in [6.45, 7) is 4.15. The average Bonchev–Trinajstić information content (AvgIpc) is 3.11. The normalized spacial score (nSPS) is 18.0. The molecule has 0 bridgehead atoms. The Balaban J connectivity index is 1.67. The van der Waals surface area contributed by atoms with Crippen molar-refractivity contribution in [2.45, 2.75) is 43.1 Å². The number of rotatable bonds is 5. The quantitative estimate of drug-likeness (QED) is 0.623. The van der Waals surface area contributed by atoms with Crippen LogP contribution in [0.3, 0.4) is 0 Å². The number of aromatic nitrogens is 3. The van der Waals surface area contributed by atoms with E-state index in [4.69, 9.17) is 11.6 Å². The molecule has 0 spiro atoms. The van der Waals surface area contributed by atoms with Gasteiger partial charge in [0.1, 0.15) is 5.25 Å². The van der Waals surface area contributed by atoms with E-state index in [0.29, 0.717) is 15.9 Å². The molecule has 2 heterocycles. The molecular formula is C21H22ClN5OS. The Bertz CT molecular complexity index is 1020. The number of carbonyl (C=O) groups excluding carboxylic acids is 1. The lowest BCUT2D eigenvalue weighted by molar-refractivity contribution is -0.116. The van der Waals surface area contributed by atoms with E-state index in [0.717, 1.165) is 24.2 Å². The molecule has 4 rings (SSSR count). The first-order chi connectivity index (χ1) is 14.1. The van der Waals surface area contributed by atoms with E-state index in [-0.39, 0.29) is 11.9 Å². The molecule has 0 saturated heterocycles.